The molecule has 0 saturated carbocycles. The topological polar surface area (TPSA) is 56.5 Å². The summed E-state index contributed by atoms with van der Waals surface area (Å²) in [6.45, 7) is 2.03. The highest BCUT2D eigenvalue weighted by molar-refractivity contribution is 7.15. The first kappa shape index (κ1) is 15.5. The summed E-state index contributed by atoms with van der Waals surface area (Å²) >= 11 is 1.32. The molecule has 5 nitrogen and oxygen atoms in total. The Morgan fingerprint density at radius 1 is 1.12 bits per heavy atom. The van der Waals surface area contributed by atoms with E-state index in [0.29, 0.717) is 15.3 Å². The van der Waals surface area contributed by atoms with Crippen LogP contribution in [0.3, 0.4) is 0 Å². The number of ether oxygens (including phenoxy) is 1. The summed E-state index contributed by atoms with van der Waals surface area (Å²) < 4.78 is 7.27. The summed E-state index contributed by atoms with van der Waals surface area (Å²) in [5, 5.41) is 4.37. The van der Waals surface area contributed by atoms with Crippen LogP contribution in [0.25, 0.3) is 22.4 Å². The number of aryl methyl sites for hydroxylation is 1. The molecule has 124 valence electrons. The summed E-state index contributed by atoms with van der Waals surface area (Å²) in [4.78, 5) is 17.7. The number of hydrogen-bond donors (Lipinski definition) is 0. The van der Waals surface area contributed by atoms with E-state index in [1.807, 2.05) is 61.5 Å². The number of methoxy groups -OCH3 is 1. The van der Waals surface area contributed by atoms with Gasteiger partial charge in [0.15, 0.2) is 5.82 Å². The normalized spacial score (nSPS) is 12.0. The van der Waals surface area contributed by atoms with Gasteiger partial charge < -0.3 is 4.74 Å². The van der Waals surface area contributed by atoms with Gasteiger partial charge >= 0.3 is 0 Å². The average molecular weight is 349 g/mol. The fourth-order valence-electron chi connectivity index (χ4n) is 2.59. The molecule has 2 heterocycles. The summed E-state index contributed by atoms with van der Waals surface area (Å²) in [6, 6.07) is 15.5. The molecule has 0 aliphatic heterocycles. The molecule has 25 heavy (non-hydrogen) atoms. The number of fused-ring (bicyclic) bond motifs is 1. The van der Waals surface area contributed by atoms with Gasteiger partial charge in [-0.05, 0) is 19.1 Å². The summed E-state index contributed by atoms with van der Waals surface area (Å²) in [5.41, 5.74) is 2.75. The minimum Gasteiger partial charge on any atom is -0.496 e. The molecule has 4 aromatic rings. The van der Waals surface area contributed by atoms with Gasteiger partial charge in [-0.1, -0.05) is 59.4 Å². The first-order valence-corrected chi connectivity index (χ1v) is 8.59. The molecule has 0 bridgehead atoms. The predicted molar refractivity (Wildman–Crippen MR) is 99.1 cm³/mol. The first-order chi connectivity index (χ1) is 12.2. The van der Waals surface area contributed by atoms with E-state index in [1.54, 1.807) is 7.11 Å². The van der Waals surface area contributed by atoms with E-state index in [0.717, 1.165) is 16.9 Å². The lowest BCUT2D eigenvalue weighted by Gasteiger charge is -2.02. The molecular weight excluding hydrogens is 334 g/mol. The second-order valence-electron chi connectivity index (χ2n) is 5.65. The van der Waals surface area contributed by atoms with Crippen molar-refractivity contribution in [3.8, 4) is 17.1 Å². The van der Waals surface area contributed by atoms with Gasteiger partial charge in [0.2, 0.25) is 4.96 Å². The SMILES string of the molecule is COc1ccccc1/C=c1/sc2nc(-c3ccc(C)cc3)nn2c1=O. The molecule has 0 aliphatic carbocycles. The van der Waals surface area contributed by atoms with E-state index in [2.05, 4.69) is 10.1 Å². The Morgan fingerprint density at radius 2 is 1.88 bits per heavy atom. The van der Waals surface area contributed by atoms with Crippen LogP contribution >= 0.6 is 11.3 Å². The second kappa shape index (κ2) is 6.14. The van der Waals surface area contributed by atoms with Crippen LogP contribution in [0.15, 0.2) is 53.3 Å². The number of nitrogens with zero attached hydrogens (tertiary/aromatic N) is 3. The molecule has 0 spiro atoms. The van der Waals surface area contributed by atoms with Crippen LogP contribution in [0.1, 0.15) is 11.1 Å². The lowest BCUT2D eigenvalue weighted by Crippen LogP contribution is -2.23. The average Bonchev–Trinajstić information content (AvgIpc) is 3.16. The van der Waals surface area contributed by atoms with Crippen LogP contribution in [0, 0.1) is 6.92 Å². The van der Waals surface area contributed by atoms with Crippen LogP contribution in [-0.2, 0) is 0 Å². The Hall–Kier alpha value is -2.99. The highest BCUT2D eigenvalue weighted by atomic mass is 32.1. The van der Waals surface area contributed by atoms with Crippen molar-refractivity contribution in [2.24, 2.45) is 0 Å². The minimum absolute atomic E-state index is 0.170. The fourth-order valence-corrected chi connectivity index (χ4v) is 3.48. The van der Waals surface area contributed by atoms with E-state index in [4.69, 9.17) is 4.74 Å². The van der Waals surface area contributed by atoms with Crippen molar-refractivity contribution < 1.29 is 4.74 Å². The fraction of sp³-hybridized carbons (Fsp3) is 0.105. The number of thiazole rings is 1. The van der Waals surface area contributed by atoms with Crippen molar-refractivity contribution in [3.63, 3.8) is 0 Å². The van der Waals surface area contributed by atoms with Crippen LogP contribution in [0.2, 0.25) is 0 Å². The Balaban J connectivity index is 1.82. The molecule has 0 amide bonds. The minimum atomic E-state index is -0.170. The molecule has 0 N–H and O–H groups in total. The highest BCUT2D eigenvalue weighted by Crippen LogP contribution is 2.19. The molecule has 0 aliphatic rings. The van der Waals surface area contributed by atoms with Crippen molar-refractivity contribution in [1.82, 2.24) is 14.6 Å². The number of rotatable bonds is 3. The Bertz CT molecular complexity index is 1160. The second-order valence-corrected chi connectivity index (χ2v) is 6.66. The Labute approximate surface area is 147 Å². The number of benzene rings is 2. The maximum Gasteiger partial charge on any atom is 0.291 e. The van der Waals surface area contributed by atoms with Crippen molar-refractivity contribution in [2.45, 2.75) is 6.92 Å². The Kier molecular flexibility index (Phi) is 3.82. The van der Waals surface area contributed by atoms with Gasteiger partial charge in [0.25, 0.3) is 5.56 Å². The molecule has 4 rings (SSSR count). The molecule has 0 atom stereocenters. The van der Waals surface area contributed by atoms with E-state index in [-0.39, 0.29) is 5.56 Å². The zero-order valence-electron chi connectivity index (χ0n) is 13.8. The lowest BCUT2D eigenvalue weighted by atomic mass is 10.1. The number of hydrogen-bond acceptors (Lipinski definition) is 5. The molecule has 2 aromatic heterocycles. The van der Waals surface area contributed by atoms with Crippen molar-refractivity contribution in [3.05, 3.63) is 74.5 Å². The largest absolute Gasteiger partial charge is 0.496 e. The quantitative estimate of drug-likeness (QED) is 0.571. The standard InChI is InChI=1S/C19H15N3O2S/c1-12-7-9-13(10-8-12)17-20-19-22(21-17)18(23)16(25-19)11-14-5-3-4-6-15(14)24-2/h3-11H,1-2H3/b16-11+. The molecular formula is C19H15N3O2S. The molecule has 6 heteroatoms. The van der Waals surface area contributed by atoms with Crippen LogP contribution < -0.4 is 14.8 Å². The monoisotopic (exact) mass is 349 g/mol. The molecule has 0 fully saturated rings. The third-order valence-corrected chi connectivity index (χ3v) is 4.88. The zero-order chi connectivity index (χ0) is 17.4. The van der Waals surface area contributed by atoms with Crippen molar-refractivity contribution >= 4 is 22.4 Å². The first-order valence-electron chi connectivity index (χ1n) is 7.77. The zero-order valence-corrected chi connectivity index (χ0v) is 14.6. The van der Waals surface area contributed by atoms with Gasteiger partial charge in [0.05, 0.1) is 11.6 Å². The lowest BCUT2D eigenvalue weighted by molar-refractivity contribution is 0.414. The molecule has 0 radical (unpaired) electrons. The number of para-hydroxylation sites is 1. The summed E-state index contributed by atoms with van der Waals surface area (Å²) in [6.07, 6.45) is 1.81. The van der Waals surface area contributed by atoms with E-state index < -0.39 is 0 Å². The third kappa shape index (κ3) is 2.81. The van der Waals surface area contributed by atoms with Crippen LogP contribution in [-0.4, -0.2) is 21.7 Å². The van der Waals surface area contributed by atoms with Crippen LogP contribution in [0.5, 0.6) is 5.75 Å². The third-order valence-electron chi connectivity index (χ3n) is 3.92. The maximum absolute atomic E-state index is 12.6. The molecule has 0 saturated heterocycles. The van der Waals surface area contributed by atoms with Gasteiger partial charge in [-0.25, -0.2) is 0 Å². The predicted octanol–water partition coefficient (Wildman–Crippen LogP) is 2.68. The van der Waals surface area contributed by atoms with Crippen LogP contribution in [0.4, 0.5) is 0 Å². The van der Waals surface area contributed by atoms with E-state index in [1.165, 1.54) is 21.4 Å². The van der Waals surface area contributed by atoms with Gasteiger partial charge in [0.1, 0.15) is 5.75 Å². The van der Waals surface area contributed by atoms with Gasteiger partial charge in [-0.15, -0.1) is 5.10 Å². The van der Waals surface area contributed by atoms with Gasteiger partial charge in [0, 0.05) is 11.1 Å². The van der Waals surface area contributed by atoms with Gasteiger partial charge in [-0.2, -0.15) is 9.50 Å². The summed E-state index contributed by atoms with van der Waals surface area (Å²) in [5.74, 6) is 1.29. The van der Waals surface area contributed by atoms with E-state index >= 15 is 0 Å². The van der Waals surface area contributed by atoms with Crippen molar-refractivity contribution in [2.75, 3.05) is 7.11 Å². The van der Waals surface area contributed by atoms with Gasteiger partial charge in [-0.3, -0.25) is 4.79 Å². The Morgan fingerprint density at radius 3 is 2.60 bits per heavy atom. The molecule has 0 unspecified atom stereocenters. The smallest absolute Gasteiger partial charge is 0.291 e. The molecule has 2 aromatic carbocycles. The van der Waals surface area contributed by atoms with Crippen molar-refractivity contribution in [1.29, 1.82) is 0 Å². The van der Waals surface area contributed by atoms with E-state index in [9.17, 15) is 4.79 Å². The summed E-state index contributed by atoms with van der Waals surface area (Å²) in [7, 11) is 1.61. The maximum atomic E-state index is 12.6. The highest BCUT2D eigenvalue weighted by Gasteiger charge is 2.12. The number of aromatic nitrogens is 3.